The number of nitrogens with zero attached hydrogens (tertiary/aromatic N) is 2. The van der Waals surface area contributed by atoms with Gasteiger partial charge in [0.25, 0.3) is 10.9 Å². The van der Waals surface area contributed by atoms with E-state index in [1.807, 2.05) is 19.1 Å². The summed E-state index contributed by atoms with van der Waals surface area (Å²) >= 11 is 0.0773. The number of amides is 1. The summed E-state index contributed by atoms with van der Waals surface area (Å²) in [4.78, 5) is 20.8. The molecule has 8 heteroatoms. The molecule has 0 bridgehead atoms. The molecule has 0 aliphatic heterocycles. The van der Waals surface area contributed by atoms with Crippen LogP contribution in [0, 0.1) is 6.92 Å². The minimum Gasteiger partial charge on any atom is -0.610 e. The molecule has 1 aromatic carbocycles. The number of benzene rings is 1. The summed E-state index contributed by atoms with van der Waals surface area (Å²) < 4.78 is 17.6. The summed E-state index contributed by atoms with van der Waals surface area (Å²) in [5, 5.41) is 5.00. The third-order valence-corrected chi connectivity index (χ3v) is 5.34. The Labute approximate surface area is 146 Å². The number of rotatable bonds is 4. The Hall–Kier alpha value is -2.16. The van der Waals surface area contributed by atoms with Gasteiger partial charge in [-0.15, -0.1) is 11.3 Å². The summed E-state index contributed by atoms with van der Waals surface area (Å²) in [6, 6.07) is 5.49. The number of aryl methyl sites for hydroxylation is 1. The number of anilines is 1. The first-order valence-corrected chi connectivity index (χ1v) is 9.46. The Morgan fingerprint density at radius 3 is 2.83 bits per heavy atom. The number of thiophene rings is 1. The maximum Gasteiger partial charge on any atom is 0.265 e. The van der Waals surface area contributed by atoms with Crippen molar-refractivity contribution in [2.75, 3.05) is 18.7 Å². The van der Waals surface area contributed by atoms with E-state index in [-0.39, 0.29) is 5.91 Å². The smallest absolute Gasteiger partial charge is 0.265 e. The van der Waals surface area contributed by atoms with Crippen molar-refractivity contribution in [2.45, 2.75) is 11.9 Å². The Balaban J connectivity index is 1.95. The van der Waals surface area contributed by atoms with Gasteiger partial charge in [-0.25, -0.2) is 4.98 Å². The first-order valence-electron chi connectivity index (χ1n) is 7.02. The zero-order valence-electron chi connectivity index (χ0n) is 13.3. The van der Waals surface area contributed by atoms with Crippen molar-refractivity contribution in [3.63, 3.8) is 0 Å². The average molecular weight is 361 g/mol. The van der Waals surface area contributed by atoms with Crippen LogP contribution < -0.4 is 10.1 Å². The normalized spacial score (nSPS) is 12.2. The van der Waals surface area contributed by atoms with E-state index in [0.717, 1.165) is 5.56 Å². The van der Waals surface area contributed by atoms with E-state index < -0.39 is 11.2 Å². The van der Waals surface area contributed by atoms with E-state index in [4.69, 9.17) is 4.74 Å². The second kappa shape index (κ2) is 6.76. The molecular formula is C16H15N3O3S2. The number of carbonyl (C=O) groups is 1. The molecule has 0 radical (unpaired) electrons. The second-order valence-electron chi connectivity index (χ2n) is 5.15. The molecule has 0 fully saturated rings. The lowest BCUT2D eigenvalue weighted by Gasteiger charge is -2.08. The number of hydrogen-bond donors (Lipinski definition) is 1. The summed E-state index contributed by atoms with van der Waals surface area (Å²) in [7, 11) is 1.58. The third kappa shape index (κ3) is 3.21. The molecule has 0 aliphatic carbocycles. The molecule has 124 valence electrons. The van der Waals surface area contributed by atoms with E-state index in [1.54, 1.807) is 24.8 Å². The highest BCUT2D eigenvalue weighted by Crippen LogP contribution is 2.29. The highest BCUT2D eigenvalue weighted by Gasteiger charge is 2.20. The van der Waals surface area contributed by atoms with Crippen LogP contribution in [0.2, 0.25) is 0 Å². The number of ether oxygens (including phenoxy) is 1. The van der Waals surface area contributed by atoms with Crippen LogP contribution in [0.25, 0.3) is 10.2 Å². The average Bonchev–Trinajstić information content (AvgIpc) is 2.98. The summed E-state index contributed by atoms with van der Waals surface area (Å²) in [6.45, 7) is 1.92. The number of nitrogens with one attached hydrogen (secondary N) is 1. The molecule has 2 heterocycles. The molecule has 3 rings (SSSR count). The monoisotopic (exact) mass is 361 g/mol. The van der Waals surface area contributed by atoms with Crippen molar-refractivity contribution >= 4 is 44.3 Å². The molecular weight excluding hydrogens is 346 g/mol. The van der Waals surface area contributed by atoms with Gasteiger partial charge in [0, 0.05) is 28.3 Å². The van der Waals surface area contributed by atoms with Gasteiger partial charge < -0.3 is 14.6 Å². The maximum absolute atomic E-state index is 12.6. The van der Waals surface area contributed by atoms with Crippen molar-refractivity contribution < 1.29 is 14.1 Å². The molecule has 24 heavy (non-hydrogen) atoms. The van der Waals surface area contributed by atoms with Crippen molar-refractivity contribution in [1.82, 2.24) is 9.97 Å². The molecule has 1 unspecified atom stereocenters. The summed E-state index contributed by atoms with van der Waals surface area (Å²) in [6.07, 6.45) is 2.89. The van der Waals surface area contributed by atoms with Gasteiger partial charge in [0.2, 0.25) is 0 Å². The van der Waals surface area contributed by atoms with Crippen LogP contribution in [-0.4, -0.2) is 33.8 Å². The fourth-order valence-electron chi connectivity index (χ4n) is 2.33. The van der Waals surface area contributed by atoms with Crippen LogP contribution in [0.1, 0.15) is 15.9 Å². The fourth-order valence-corrected chi connectivity index (χ4v) is 4.26. The topological polar surface area (TPSA) is 87.2 Å². The highest BCUT2D eigenvalue weighted by atomic mass is 32.2. The third-order valence-electron chi connectivity index (χ3n) is 3.38. The standard InChI is InChI=1S/C16H15N3O3S2/c1-9-4-10(6-11(5-9)22-2)19-15(20)12-7-23-14-13(12)17-8-18-16(14)24(3)21/h4-8H,1-3H3,(H,19,20). The second-order valence-corrected chi connectivity index (χ2v) is 7.33. The van der Waals surface area contributed by atoms with Crippen molar-refractivity contribution in [2.24, 2.45) is 0 Å². The van der Waals surface area contributed by atoms with Crippen molar-refractivity contribution in [3.8, 4) is 5.75 Å². The Morgan fingerprint density at radius 2 is 2.12 bits per heavy atom. The molecule has 0 saturated heterocycles. The lowest BCUT2D eigenvalue weighted by atomic mass is 10.2. The predicted molar refractivity (Wildman–Crippen MR) is 95.4 cm³/mol. The molecule has 1 atom stereocenters. The van der Waals surface area contributed by atoms with E-state index in [9.17, 15) is 9.35 Å². The first kappa shape index (κ1) is 16.7. The van der Waals surface area contributed by atoms with Crippen LogP contribution in [0.4, 0.5) is 5.69 Å². The predicted octanol–water partition coefficient (Wildman–Crippen LogP) is 3.00. The van der Waals surface area contributed by atoms with Crippen LogP contribution in [-0.2, 0) is 11.2 Å². The molecule has 6 nitrogen and oxygen atoms in total. The zero-order valence-corrected chi connectivity index (χ0v) is 15.0. The van der Waals surface area contributed by atoms with Crippen molar-refractivity contribution in [1.29, 1.82) is 0 Å². The van der Waals surface area contributed by atoms with Crippen LogP contribution in [0.3, 0.4) is 0 Å². The lowest BCUT2D eigenvalue weighted by molar-refractivity contribution is 0.102. The van der Waals surface area contributed by atoms with Gasteiger partial charge >= 0.3 is 0 Å². The van der Waals surface area contributed by atoms with Crippen LogP contribution >= 0.6 is 11.3 Å². The Bertz CT molecular complexity index is 909. The lowest BCUT2D eigenvalue weighted by Crippen LogP contribution is -2.12. The Kier molecular flexibility index (Phi) is 4.70. The molecule has 1 amide bonds. The fraction of sp³-hybridized carbons (Fsp3) is 0.188. The number of hydrogen-bond acceptors (Lipinski definition) is 6. The molecule has 0 spiro atoms. The van der Waals surface area contributed by atoms with Gasteiger partial charge in [-0.3, -0.25) is 4.79 Å². The van der Waals surface area contributed by atoms with E-state index in [2.05, 4.69) is 15.3 Å². The van der Waals surface area contributed by atoms with Crippen molar-refractivity contribution in [3.05, 3.63) is 41.0 Å². The number of carbonyl (C=O) groups excluding carboxylic acids is 1. The molecule has 1 N–H and O–H groups in total. The van der Waals surface area contributed by atoms with Crippen LogP contribution in [0.5, 0.6) is 5.75 Å². The highest BCUT2D eigenvalue weighted by molar-refractivity contribution is 7.91. The number of fused-ring (bicyclic) bond motifs is 1. The number of methoxy groups -OCH3 is 1. The van der Waals surface area contributed by atoms with Gasteiger partial charge in [-0.2, -0.15) is 4.98 Å². The SMILES string of the molecule is COc1cc(C)cc(NC(=O)c2csc3c([S+](C)[O-])ncnc23)c1. The Morgan fingerprint density at radius 1 is 1.33 bits per heavy atom. The zero-order chi connectivity index (χ0) is 17.3. The van der Waals surface area contributed by atoms with E-state index in [1.165, 1.54) is 17.7 Å². The summed E-state index contributed by atoms with van der Waals surface area (Å²) in [5.41, 5.74) is 2.57. The van der Waals surface area contributed by atoms with Gasteiger partial charge in [-0.1, -0.05) is 0 Å². The van der Waals surface area contributed by atoms with E-state index in [0.29, 0.717) is 32.2 Å². The first-order chi connectivity index (χ1) is 11.5. The summed E-state index contributed by atoms with van der Waals surface area (Å²) in [5.74, 6) is 0.395. The van der Waals surface area contributed by atoms with Gasteiger partial charge in [0.1, 0.15) is 28.5 Å². The molecule has 3 aromatic rings. The molecule has 0 saturated carbocycles. The molecule has 0 aliphatic rings. The largest absolute Gasteiger partial charge is 0.610 e. The van der Waals surface area contributed by atoms with Gasteiger partial charge in [-0.05, 0) is 24.6 Å². The molecule has 2 aromatic heterocycles. The minimum absolute atomic E-state index is 0.277. The minimum atomic E-state index is -1.24. The van der Waals surface area contributed by atoms with Crippen LogP contribution in [0.15, 0.2) is 34.9 Å². The van der Waals surface area contributed by atoms with Gasteiger partial charge in [0.05, 0.1) is 12.7 Å². The quantitative estimate of drug-likeness (QED) is 0.570. The number of aromatic nitrogens is 2. The van der Waals surface area contributed by atoms with E-state index >= 15 is 0 Å². The maximum atomic E-state index is 12.6. The van der Waals surface area contributed by atoms with Gasteiger partial charge in [0.15, 0.2) is 0 Å².